The maximum atomic E-state index is 13.2. The normalized spacial score (nSPS) is 13.9. The van der Waals surface area contributed by atoms with Crippen LogP contribution in [0.5, 0.6) is 5.75 Å². The Bertz CT molecular complexity index is 1260. The van der Waals surface area contributed by atoms with Gasteiger partial charge in [0.05, 0.1) is 12.3 Å². The Hall–Kier alpha value is -3.53. The van der Waals surface area contributed by atoms with Gasteiger partial charge in [-0.15, -0.1) is 5.92 Å². The largest absolute Gasteiger partial charge is 0.489 e. The van der Waals surface area contributed by atoms with E-state index in [2.05, 4.69) is 47.1 Å². The first-order chi connectivity index (χ1) is 17.5. The highest BCUT2D eigenvalue weighted by atomic mass is 32.1. The minimum Gasteiger partial charge on any atom is -0.489 e. The molecule has 192 valence electrons. The van der Waals surface area contributed by atoms with Gasteiger partial charge in [-0.1, -0.05) is 60.5 Å². The summed E-state index contributed by atoms with van der Waals surface area (Å²) >= 11 is 0. The van der Waals surface area contributed by atoms with Gasteiger partial charge in [0.2, 0.25) is 0 Å². The highest BCUT2D eigenvalue weighted by molar-refractivity contribution is 7.59. The quantitative estimate of drug-likeness (QED) is 0.334. The molecular formula is C31H32FNO3S. The van der Waals surface area contributed by atoms with Crippen molar-refractivity contribution in [2.75, 3.05) is 13.1 Å². The van der Waals surface area contributed by atoms with Crippen LogP contribution in [0.4, 0.5) is 4.39 Å². The molecule has 1 aliphatic heterocycles. The van der Waals surface area contributed by atoms with Gasteiger partial charge >= 0.3 is 5.97 Å². The van der Waals surface area contributed by atoms with E-state index >= 15 is 0 Å². The number of aliphatic carboxylic acids is 1. The molecule has 0 amide bonds. The van der Waals surface area contributed by atoms with Gasteiger partial charge in [-0.25, -0.2) is 4.39 Å². The van der Waals surface area contributed by atoms with Crippen LogP contribution < -0.4 is 4.74 Å². The van der Waals surface area contributed by atoms with Gasteiger partial charge in [-0.05, 0) is 65.4 Å². The summed E-state index contributed by atoms with van der Waals surface area (Å²) in [6.45, 7) is 4.91. The fourth-order valence-electron chi connectivity index (χ4n) is 4.34. The molecule has 3 aromatic rings. The summed E-state index contributed by atoms with van der Waals surface area (Å²) in [5, 5.41) is 9.10. The summed E-state index contributed by atoms with van der Waals surface area (Å²) in [6.07, 6.45) is 3.18. The van der Waals surface area contributed by atoms with Crippen LogP contribution in [-0.4, -0.2) is 29.1 Å². The molecule has 0 unspecified atom stereocenters. The van der Waals surface area contributed by atoms with Crippen molar-refractivity contribution in [3.8, 4) is 17.6 Å². The third kappa shape index (κ3) is 8.24. The van der Waals surface area contributed by atoms with Gasteiger partial charge in [0, 0.05) is 19.6 Å². The summed E-state index contributed by atoms with van der Waals surface area (Å²) in [5.74, 6) is 5.12. The lowest BCUT2D eigenvalue weighted by atomic mass is 9.96. The number of hydrogen-bond donors (Lipinski definition) is 1. The SMILES string of the molecule is CC#C[C@@H](CC(=O)O)c1ccc(OCc2ccc(CN3CC=C(c4ccc(F)cc4)CC3)cc2)cc1.S. The molecule has 4 rings (SSSR count). The molecule has 1 N–H and O–H groups in total. The van der Waals surface area contributed by atoms with Crippen molar-refractivity contribution in [1.29, 1.82) is 0 Å². The number of carboxylic acids is 1. The van der Waals surface area contributed by atoms with Crippen LogP contribution in [0.25, 0.3) is 5.57 Å². The standard InChI is InChI=1S/C31H30FNO3.H2S/c1-2-3-28(20-31(34)35)26-10-14-30(15-11-26)36-22-24-6-4-23(5-7-24)21-33-18-16-27(17-19-33)25-8-12-29(32)13-9-25;/h4-16,28H,17-22H2,1H3,(H,34,35);1H2/t28-;/m0./s1. The average Bonchev–Trinajstić information content (AvgIpc) is 2.89. The molecular weight excluding hydrogens is 485 g/mol. The predicted octanol–water partition coefficient (Wildman–Crippen LogP) is 6.39. The van der Waals surface area contributed by atoms with Gasteiger partial charge in [-0.2, -0.15) is 13.5 Å². The molecule has 0 fully saturated rings. The van der Waals surface area contributed by atoms with Crippen LogP contribution in [0.3, 0.4) is 0 Å². The van der Waals surface area contributed by atoms with E-state index in [0.717, 1.165) is 48.5 Å². The molecule has 0 radical (unpaired) electrons. The van der Waals surface area contributed by atoms with Crippen LogP contribution in [0, 0.1) is 17.7 Å². The molecule has 1 aliphatic rings. The minimum atomic E-state index is -0.863. The first-order valence-electron chi connectivity index (χ1n) is 12.1. The number of carbonyl (C=O) groups is 1. The van der Waals surface area contributed by atoms with Crippen LogP contribution in [0.1, 0.15) is 47.9 Å². The average molecular weight is 518 g/mol. The Labute approximate surface area is 225 Å². The third-order valence-electron chi connectivity index (χ3n) is 6.32. The second-order valence-corrected chi connectivity index (χ2v) is 8.94. The van der Waals surface area contributed by atoms with E-state index in [1.165, 1.54) is 23.3 Å². The van der Waals surface area contributed by atoms with Gasteiger partial charge < -0.3 is 9.84 Å². The van der Waals surface area contributed by atoms with Crippen molar-refractivity contribution in [3.63, 3.8) is 0 Å². The van der Waals surface area contributed by atoms with E-state index in [9.17, 15) is 9.18 Å². The van der Waals surface area contributed by atoms with Crippen molar-refractivity contribution >= 4 is 25.0 Å². The molecule has 0 spiro atoms. The fraction of sp³-hybridized carbons (Fsp3) is 0.258. The smallest absolute Gasteiger partial charge is 0.304 e. The number of carboxylic acid groups (broad SMARTS) is 1. The third-order valence-corrected chi connectivity index (χ3v) is 6.32. The van der Waals surface area contributed by atoms with E-state index < -0.39 is 5.97 Å². The zero-order chi connectivity index (χ0) is 25.3. The summed E-state index contributed by atoms with van der Waals surface area (Å²) in [7, 11) is 0. The molecule has 0 saturated heterocycles. The molecule has 6 heteroatoms. The highest BCUT2D eigenvalue weighted by Gasteiger charge is 2.14. The Morgan fingerprint density at radius 2 is 1.70 bits per heavy atom. The van der Waals surface area contributed by atoms with Gasteiger partial charge in [0.1, 0.15) is 18.2 Å². The Morgan fingerprint density at radius 3 is 2.30 bits per heavy atom. The predicted molar refractivity (Wildman–Crippen MR) is 150 cm³/mol. The van der Waals surface area contributed by atoms with Crippen LogP contribution in [0.15, 0.2) is 78.9 Å². The van der Waals surface area contributed by atoms with Crippen molar-refractivity contribution in [1.82, 2.24) is 4.90 Å². The molecule has 0 aliphatic carbocycles. The first kappa shape index (κ1) is 28.0. The molecule has 3 aromatic carbocycles. The second-order valence-electron chi connectivity index (χ2n) is 8.94. The fourth-order valence-corrected chi connectivity index (χ4v) is 4.34. The van der Waals surface area contributed by atoms with Crippen molar-refractivity contribution in [2.24, 2.45) is 0 Å². The van der Waals surface area contributed by atoms with Crippen LogP contribution in [0.2, 0.25) is 0 Å². The number of ether oxygens (including phenoxy) is 1. The molecule has 4 nitrogen and oxygen atoms in total. The Kier molecular flexibility index (Phi) is 10.4. The Balaban J connectivity index is 0.00000380. The van der Waals surface area contributed by atoms with E-state index in [1.54, 1.807) is 6.92 Å². The molecule has 0 aromatic heterocycles. The van der Waals surface area contributed by atoms with Gasteiger partial charge in [0.25, 0.3) is 0 Å². The van der Waals surface area contributed by atoms with Crippen LogP contribution >= 0.6 is 13.5 Å². The molecule has 0 saturated carbocycles. The van der Waals surface area contributed by atoms with E-state index in [-0.39, 0.29) is 31.7 Å². The van der Waals surface area contributed by atoms with E-state index in [4.69, 9.17) is 9.84 Å². The van der Waals surface area contributed by atoms with Gasteiger partial charge in [0.15, 0.2) is 0 Å². The summed E-state index contributed by atoms with van der Waals surface area (Å²) < 4.78 is 19.1. The van der Waals surface area contributed by atoms with Crippen LogP contribution in [-0.2, 0) is 17.9 Å². The molecule has 1 atom stereocenters. The van der Waals surface area contributed by atoms with Gasteiger partial charge in [-0.3, -0.25) is 9.69 Å². The first-order valence-corrected chi connectivity index (χ1v) is 12.1. The maximum Gasteiger partial charge on any atom is 0.304 e. The summed E-state index contributed by atoms with van der Waals surface area (Å²) in [5.41, 5.74) is 5.59. The molecule has 0 bridgehead atoms. The number of hydrogen-bond acceptors (Lipinski definition) is 3. The van der Waals surface area contributed by atoms with Crippen molar-refractivity contribution in [3.05, 3.63) is 107 Å². The number of benzene rings is 3. The lowest BCUT2D eigenvalue weighted by molar-refractivity contribution is -0.137. The highest BCUT2D eigenvalue weighted by Crippen LogP contribution is 2.24. The maximum absolute atomic E-state index is 13.2. The van der Waals surface area contributed by atoms with E-state index in [0.29, 0.717) is 6.61 Å². The second kappa shape index (κ2) is 13.7. The molecule has 1 heterocycles. The Morgan fingerprint density at radius 1 is 1.03 bits per heavy atom. The number of halogens is 1. The monoisotopic (exact) mass is 517 g/mol. The van der Waals surface area contributed by atoms with Crippen molar-refractivity contribution < 1.29 is 19.0 Å². The minimum absolute atomic E-state index is 0. The zero-order valence-electron chi connectivity index (χ0n) is 20.9. The summed E-state index contributed by atoms with van der Waals surface area (Å²) in [4.78, 5) is 13.5. The van der Waals surface area contributed by atoms with E-state index in [1.807, 2.05) is 36.4 Å². The molecule has 37 heavy (non-hydrogen) atoms. The lowest BCUT2D eigenvalue weighted by Gasteiger charge is -2.26. The van der Waals surface area contributed by atoms with Crippen molar-refractivity contribution in [2.45, 2.75) is 38.8 Å². The topological polar surface area (TPSA) is 49.8 Å². The number of rotatable bonds is 9. The lowest BCUT2D eigenvalue weighted by Crippen LogP contribution is -2.28. The number of nitrogens with zero attached hydrogens (tertiary/aromatic N) is 1. The zero-order valence-corrected chi connectivity index (χ0v) is 21.9. The summed E-state index contributed by atoms with van der Waals surface area (Å²) in [6, 6.07) is 22.7.